The van der Waals surface area contributed by atoms with Crippen LogP contribution in [0.25, 0.3) is 0 Å². The van der Waals surface area contributed by atoms with Gasteiger partial charge in [0.25, 0.3) is 5.91 Å². The van der Waals surface area contributed by atoms with E-state index in [1.54, 1.807) is 19.1 Å². The fourth-order valence-electron chi connectivity index (χ4n) is 4.37. The number of benzene rings is 1. The zero-order valence-electron chi connectivity index (χ0n) is 16.0. The van der Waals surface area contributed by atoms with Crippen molar-refractivity contribution in [1.29, 1.82) is 0 Å². The maximum atomic E-state index is 13.0. The smallest absolute Gasteiger partial charge is 0.317 e. The number of nitrogens with zero attached hydrogens (tertiary/aromatic N) is 1. The standard InChI is InChI=1S/C20H26ClNO5S/c1-2-22(17-9-12-28(25,26)14-17)18(23)13-27-19(24)20(10-3-4-11-20)15-5-7-16(21)8-6-15/h5-8,17H,2-4,9-14H2,1H3/t17-/m0/s1. The number of hydrogen-bond donors (Lipinski definition) is 0. The molecule has 28 heavy (non-hydrogen) atoms. The van der Waals surface area contributed by atoms with E-state index in [4.69, 9.17) is 16.3 Å². The van der Waals surface area contributed by atoms with Crippen molar-refractivity contribution in [3.8, 4) is 0 Å². The quantitative estimate of drug-likeness (QED) is 0.652. The molecule has 1 saturated heterocycles. The summed E-state index contributed by atoms with van der Waals surface area (Å²) >= 11 is 5.97. The molecule has 0 radical (unpaired) electrons. The Labute approximate surface area is 171 Å². The van der Waals surface area contributed by atoms with Gasteiger partial charge in [-0.3, -0.25) is 9.59 Å². The van der Waals surface area contributed by atoms with Gasteiger partial charge in [-0.1, -0.05) is 36.6 Å². The first-order chi connectivity index (χ1) is 13.3. The molecule has 1 aromatic carbocycles. The molecule has 1 aliphatic heterocycles. The Bertz CT molecular complexity index is 831. The minimum atomic E-state index is -3.09. The molecule has 0 N–H and O–H groups in total. The maximum absolute atomic E-state index is 13.0. The molecule has 154 valence electrons. The zero-order chi connectivity index (χ0) is 20.4. The molecule has 1 atom stereocenters. The number of hydrogen-bond acceptors (Lipinski definition) is 5. The van der Waals surface area contributed by atoms with Crippen molar-refractivity contribution in [3.05, 3.63) is 34.9 Å². The Morgan fingerprint density at radius 1 is 1.21 bits per heavy atom. The summed E-state index contributed by atoms with van der Waals surface area (Å²) in [7, 11) is -3.09. The second-order valence-electron chi connectivity index (χ2n) is 7.61. The summed E-state index contributed by atoms with van der Waals surface area (Å²) in [5.74, 6) is -0.658. The molecular weight excluding hydrogens is 402 g/mol. The highest BCUT2D eigenvalue weighted by Gasteiger charge is 2.44. The van der Waals surface area contributed by atoms with Gasteiger partial charge in [-0.15, -0.1) is 0 Å². The Hall–Kier alpha value is -1.60. The Kier molecular flexibility index (Phi) is 6.34. The molecule has 0 aromatic heterocycles. The van der Waals surface area contributed by atoms with Crippen LogP contribution in [0.15, 0.2) is 24.3 Å². The molecule has 0 unspecified atom stereocenters. The summed E-state index contributed by atoms with van der Waals surface area (Å²) < 4.78 is 28.9. The minimum Gasteiger partial charge on any atom is -0.455 e. The average molecular weight is 428 g/mol. The second-order valence-corrected chi connectivity index (χ2v) is 10.3. The SMILES string of the molecule is CCN(C(=O)COC(=O)C1(c2ccc(Cl)cc2)CCCC1)[C@H]1CCS(=O)(=O)C1. The van der Waals surface area contributed by atoms with Crippen LogP contribution in [0.4, 0.5) is 0 Å². The van der Waals surface area contributed by atoms with Gasteiger partial charge in [0.15, 0.2) is 16.4 Å². The number of likely N-dealkylation sites (N-methyl/N-ethyl adjacent to an activating group) is 1. The van der Waals surface area contributed by atoms with Crippen molar-refractivity contribution in [1.82, 2.24) is 4.90 Å². The Balaban J connectivity index is 1.67. The highest BCUT2D eigenvalue weighted by molar-refractivity contribution is 7.91. The fraction of sp³-hybridized carbons (Fsp3) is 0.600. The Morgan fingerprint density at radius 2 is 1.86 bits per heavy atom. The number of esters is 1. The van der Waals surface area contributed by atoms with E-state index in [2.05, 4.69) is 0 Å². The molecule has 6 nitrogen and oxygen atoms in total. The van der Waals surface area contributed by atoms with E-state index >= 15 is 0 Å². The van der Waals surface area contributed by atoms with E-state index < -0.39 is 21.2 Å². The predicted octanol–water partition coefficient (Wildman–Crippen LogP) is 2.73. The van der Waals surface area contributed by atoms with Gasteiger partial charge in [-0.05, 0) is 43.9 Å². The van der Waals surface area contributed by atoms with Crippen molar-refractivity contribution >= 4 is 33.3 Å². The number of carbonyl (C=O) groups excluding carboxylic acids is 2. The van der Waals surface area contributed by atoms with Gasteiger partial charge in [0, 0.05) is 17.6 Å². The van der Waals surface area contributed by atoms with Gasteiger partial charge >= 0.3 is 5.97 Å². The number of carbonyl (C=O) groups is 2. The fourth-order valence-corrected chi connectivity index (χ4v) is 6.22. The second kappa shape index (κ2) is 8.41. The lowest BCUT2D eigenvalue weighted by Gasteiger charge is -2.29. The van der Waals surface area contributed by atoms with Crippen LogP contribution in [-0.4, -0.2) is 55.9 Å². The molecule has 0 bridgehead atoms. The van der Waals surface area contributed by atoms with E-state index in [9.17, 15) is 18.0 Å². The van der Waals surface area contributed by atoms with Gasteiger partial charge in [-0.25, -0.2) is 8.42 Å². The lowest BCUT2D eigenvalue weighted by molar-refractivity contribution is -0.157. The predicted molar refractivity (Wildman–Crippen MR) is 107 cm³/mol. The highest BCUT2D eigenvalue weighted by Crippen LogP contribution is 2.42. The number of amides is 1. The normalized spacial score (nSPS) is 22.7. The third kappa shape index (κ3) is 4.35. The monoisotopic (exact) mass is 427 g/mol. The van der Waals surface area contributed by atoms with Crippen molar-refractivity contribution in [3.63, 3.8) is 0 Å². The van der Waals surface area contributed by atoms with Crippen molar-refractivity contribution in [2.75, 3.05) is 24.7 Å². The van der Waals surface area contributed by atoms with Crippen LogP contribution in [0.1, 0.15) is 44.6 Å². The van der Waals surface area contributed by atoms with Crippen LogP contribution in [0.5, 0.6) is 0 Å². The van der Waals surface area contributed by atoms with Crippen molar-refractivity contribution < 1.29 is 22.7 Å². The van der Waals surface area contributed by atoms with Crippen LogP contribution in [0.3, 0.4) is 0 Å². The highest BCUT2D eigenvalue weighted by atomic mass is 35.5. The summed E-state index contributed by atoms with van der Waals surface area (Å²) in [4.78, 5) is 27.1. The topological polar surface area (TPSA) is 80.8 Å². The number of halogens is 1. The van der Waals surface area contributed by atoms with E-state index in [1.165, 1.54) is 4.90 Å². The molecule has 2 aliphatic rings. The first-order valence-electron chi connectivity index (χ1n) is 9.70. The lowest BCUT2D eigenvalue weighted by Crippen LogP contribution is -2.44. The largest absolute Gasteiger partial charge is 0.455 e. The van der Waals surface area contributed by atoms with Crippen LogP contribution >= 0.6 is 11.6 Å². The first-order valence-corrected chi connectivity index (χ1v) is 11.9. The summed E-state index contributed by atoms with van der Waals surface area (Å²) in [6.07, 6.45) is 3.64. The lowest BCUT2D eigenvalue weighted by atomic mass is 9.79. The summed E-state index contributed by atoms with van der Waals surface area (Å²) in [5.41, 5.74) is 0.125. The van der Waals surface area contributed by atoms with Crippen molar-refractivity contribution in [2.24, 2.45) is 0 Å². The van der Waals surface area contributed by atoms with Gasteiger partial charge < -0.3 is 9.64 Å². The van der Waals surface area contributed by atoms with E-state index in [0.717, 1.165) is 18.4 Å². The first kappa shape index (κ1) is 21.1. The molecule has 0 spiro atoms. The number of ether oxygens (including phenoxy) is 1. The van der Waals surface area contributed by atoms with Crippen LogP contribution < -0.4 is 0 Å². The van der Waals surface area contributed by atoms with Gasteiger partial charge in [0.05, 0.1) is 16.9 Å². The van der Waals surface area contributed by atoms with Crippen LogP contribution in [-0.2, 0) is 29.6 Å². The molecule has 2 fully saturated rings. The Morgan fingerprint density at radius 3 is 2.39 bits per heavy atom. The third-order valence-corrected chi connectivity index (χ3v) is 7.88. The number of rotatable bonds is 6. The van der Waals surface area contributed by atoms with Gasteiger partial charge in [0.1, 0.15) is 0 Å². The van der Waals surface area contributed by atoms with Gasteiger partial charge in [-0.2, -0.15) is 0 Å². The zero-order valence-corrected chi connectivity index (χ0v) is 17.6. The molecule has 1 aliphatic carbocycles. The van der Waals surface area contributed by atoms with E-state index in [0.29, 0.717) is 30.8 Å². The molecule has 1 heterocycles. The molecule has 1 aromatic rings. The summed E-state index contributed by atoms with van der Waals surface area (Å²) in [6.45, 7) is 1.83. The minimum absolute atomic E-state index is 0.0186. The van der Waals surface area contributed by atoms with Crippen LogP contribution in [0, 0.1) is 0 Å². The summed E-state index contributed by atoms with van der Waals surface area (Å²) in [6, 6.07) is 6.87. The van der Waals surface area contributed by atoms with E-state index in [1.807, 2.05) is 12.1 Å². The molecule has 3 rings (SSSR count). The average Bonchev–Trinajstić information content (AvgIpc) is 3.28. The van der Waals surface area contributed by atoms with Gasteiger partial charge in [0.2, 0.25) is 0 Å². The molecule has 8 heteroatoms. The van der Waals surface area contributed by atoms with E-state index in [-0.39, 0.29) is 30.1 Å². The number of sulfone groups is 1. The van der Waals surface area contributed by atoms with Crippen molar-refractivity contribution in [2.45, 2.75) is 50.5 Å². The molecular formula is C20H26ClNO5S. The molecule has 1 amide bonds. The summed E-state index contributed by atoms with van der Waals surface area (Å²) in [5, 5.41) is 0.602. The maximum Gasteiger partial charge on any atom is 0.317 e. The van der Waals surface area contributed by atoms with Crippen LogP contribution in [0.2, 0.25) is 5.02 Å². The third-order valence-electron chi connectivity index (χ3n) is 5.88. The molecule has 1 saturated carbocycles.